The number of aliphatic hydroxyl groups excluding tert-OH is 11. The number of nitrogens with one attached hydrogen (secondary N) is 1. The average molecular weight is 1550 g/mol. The second kappa shape index (κ2) is 69.8. The number of carbonyl (C=O) groups is 1. The molecule has 0 spiro atoms. The van der Waals surface area contributed by atoms with Gasteiger partial charge in [0.1, 0.15) is 73.2 Å². The molecule has 3 fully saturated rings. The number of hydrogen-bond donors (Lipinski definition) is 12. The number of aliphatic hydroxyl groups is 11. The number of rotatable bonds is 73. The molecule has 12 N–H and O–H groups in total. The van der Waals surface area contributed by atoms with Crippen LogP contribution < -0.4 is 5.32 Å². The zero-order valence-electron chi connectivity index (χ0n) is 68.8. The third-order valence-electron chi connectivity index (χ3n) is 22.3. The lowest BCUT2D eigenvalue weighted by molar-refractivity contribution is -0.379. The minimum absolute atomic E-state index is 0.235. The van der Waals surface area contributed by atoms with E-state index < -0.39 is 124 Å². The monoisotopic (exact) mass is 1550 g/mol. The van der Waals surface area contributed by atoms with Gasteiger partial charge in [-0.2, -0.15) is 0 Å². The first-order chi connectivity index (χ1) is 53.3. The van der Waals surface area contributed by atoms with Crippen LogP contribution in [0.3, 0.4) is 0 Å². The van der Waals surface area contributed by atoms with Crippen LogP contribution in [-0.2, 0) is 33.2 Å². The standard InChI is InChI=1S/C90H165NO18/c1-3-5-7-9-11-13-15-17-19-21-23-25-27-29-31-33-35-36-38-39-41-43-45-47-49-51-53-55-57-59-61-63-65-67-74(95)73(91-78(96)68-66-64-62-60-58-56-54-52-50-48-46-44-42-40-37-34-32-30-28-26-24-22-20-18-16-14-12-10-8-6-4-2)72-104-88-84(102)81(99)86(76(70-93)106-88)109-90-85(103)82(100)87(77(71-94)107-90)108-89-83(101)80(98)79(97)75(69-92)105-89/h16,18,22,24,28,30,57,59,65,67,73-77,79-90,92-95,97-103H,3-15,17,19-21,23,25-27,29,31-56,58,60-64,66,68-72H2,1-2H3,(H,91,96)/b18-16-,24-22-,30-28-,59-57+,67-65+. The first-order valence-electron chi connectivity index (χ1n) is 45.0. The Kier molecular flexibility index (Phi) is 64.4. The van der Waals surface area contributed by atoms with Gasteiger partial charge in [0.05, 0.1) is 38.6 Å². The Hall–Kier alpha value is -2.51. The number of carbonyl (C=O) groups excluding carboxylic acids is 1. The molecule has 0 bridgehead atoms. The second-order valence-electron chi connectivity index (χ2n) is 32.1. The van der Waals surface area contributed by atoms with Gasteiger partial charge in [-0.15, -0.1) is 0 Å². The van der Waals surface area contributed by atoms with E-state index >= 15 is 0 Å². The van der Waals surface area contributed by atoms with E-state index in [1.54, 1.807) is 6.08 Å². The van der Waals surface area contributed by atoms with Crippen LogP contribution >= 0.6 is 0 Å². The van der Waals surface area contributed by atoms with E-state index in [9.17, 15) is 61.0 Å². The summed E-state index contributed by atoms with van der Waals surface area (Å²) in [6.07, 6.45) is 65.2. The van der Waals surface area contributed by atoms with Crippen molar-refractivity contribution in [3.8, 4) is 0 Å². The summed E-state index contributed by atoms with van der Waals surface area (Å²) in [5.41, 5.74) is 0. The van der Waals surface area contributed by atoms with Crippen molar-refractivity contribution in [2.75, 3.05) is 26.4 Å². The van der Waals surface area contributed by atoms with Crippen LogP contribution in [-0.4, -0.2) is 193 Å². The third-order valence-corrected chi connectivity index (χ3v) is 22.3. The van der Waals surface area contributed by atoms with Gasteiger partial charge >= 0.3 is 0 Å². The van der Waals surface area contributed by atoms with Crippen LogP contribution in [0.4, 0.5) is 0 Å². The molecular weight excluding hydrogens is 1380 g/mol. The number of allylic oxidation sites excluding steroid dienone is 9. The van der Waals surface area contributed by atoms with Crippen molar-refractivity contribution in [2.45, 2.75) is 478 Å². The molecule has 109 heavy (non-hydrogen) atoms. The Morgan fingerprint density at radius 1 is 0.330 bits per heavy atom. The van der Waals surface area contributed by atoms with Gasteiger partial charge in [-0.3, -0.25) is 4.79 Å². The zero-order valence-corrected chi connectivity index (χ0v) is 68.8. The van der Waals surface area contributed by atoms with E-state index in [0.717, 1.165) is 51.4 Å². The maximum Gasteiger partial charge on any atom is 0.220 e. The molecule has 0 radical (unpaired) electrons. The molecule has 3 aliphatic rings. The third kappa shape index (κ3) is 48.6. The minimum Gasteiger partial charge on any atom is -0.394 e. The molecule has 0 aliphatic carbocycles. The largest absolute Gasteiger partial charge is 0.394 e. The highest BCUT2D eigenvalue weighted by molar-refractivity contribution is 5.76. The number of unbranched alkanes of at least 4 members (excludes halogenated alkanes) is 49. The quantitative estimate of drug-likeness (QED) is 0.0199. The van der Waals surface area contributed by atoms with Crippen molar-refractivity contribution in [3.05, 3.63) is 60.8 Å². The number of amides is 1. The highest BCUT2D eigenvalue weighted by Gasteiger charge is 2.54. The Morgan fingerprint density at radius 3 is 0.982 bits per heavy atom. The summed E-state index contributed by atoms with van der Waals surface area (Å²) in [5.74, 6) is -0.281. The molecule has 0 saturated carbocycles. The van der Waals surface area contributed by atoms with Gasteiger partial charge in [0.15, 0.2) is 18.9 Å². The van der Waals surface area contributed by atoms with Gasteiger partial charge in [0.2, 0.25) is 5.91 Å². The van der Waals surface area contributed by atoms with Gasteiger partial charge in [-0.05, 0) is 70.6 Å². The Balaban J connectivity index is 1.34. The maximum atomic E-state index is 13.5. The molecule has 0 aromatic carbocycles. The van der Waals surface area contributed by atoms with E-state index in [-0.39, 0.29) is 18.9 Å². The molecule has 3 heterocycles. The normalized spacial score (nSPS) is 25.5. The lowest BCUT2D eigenvalue weighted by Crippen LogP contribution is -2.66. The van der Waals surface area contributed by atoms with Crippen LogP contribution in [0.2, 0.25) is 0 Å². The summed E-state index contributed by atoms with van der Waals surface area (Å²) in [4.78, 5) is 13.5. The average Bonchev–Trinajstić information content (AvgIpc) is 0.782. The summed E-state index contributed by atoms with van der Waals surface area (Å²) in [6.45, 7) is 1.76. The fraction of sp³-hybridized carbons (Fsp3) is 0.878. The first-order valence-corrected chi connectivity index (χ1v) is 45.0. The van der Waals surface area contributed by atoms with Crippen LogP contribution in [0, 0.1) is 0 Å². The second-order valence-corrected chi connectivity index (χ2v) is 32.1. The highest BCUT2D eigenvalue weighted by Crippen LogP contribution is 2.34. The Morgan fingerprint density at radius 2 is 0.615 bits per heavy atom. The van der Waals surface area contributed by atoms with Crippen LogP contribution in [0.5, 0.6) is 0 Å². The molecule has 19 nitrogen and oxygen atoms in total. The molecule has 0 aromatic heterocycles. The number of hydrogen-bond acceptors (Lipinski definition) is 18. The smallest absolute Gasteiger partial charge is 0.220 e. The summed E-state index contributed by atoms with van der Waals surface area (Å²) >= 11 is 0. The van der Waals surface area contributed by atoms with Crippen molar-refractivity contribution in [3.63, 3.8) is 0 Å². The van der Waals surface area contributed by atoms with Crippen molar-refractivity contribution < 1.29 is 89.4 Å². The summed E-state index contributed by atoms with van der Waals surface area (Å²) < 4.78 is 34.5. The number of ether oxygens (including phenoxy) is 6. The van der Waals surface area contributed by atoms with Crippen LogP contribution in [0.1, 0.15) is 373 Å². The SMILES string of the molecule is CCCCCCC/C=C\C/C=C\C/C=C\CCCCCCCCCCCCCCCCCCC(=O)NC(COC1OC(CO)C(OC2OC(CO)C(OC3OC(CO)C(O)C(O)C3O)C(O)C2O)C(O)C1O)C(O)/C=C/CC/C=C/CCCCCCCCCCCCCCCCCCCCCCCCCCCCC. The summed E-state index contributed by atoms with van der Waals surface area (Å²) in [7, 11) is 0. The van der Waals surface area contributed by atoms with Crippen molar-refractivity contribution in [2.24, 2.45) is 0 Å². The first kappa shape index (κ1) is 101. The molecule has 17 unspecified atom stereocenters. The van der Waals surface area contributed by atoms with E-state index in [2.05, 4.69) is 67.8 Å². The fourth-order valence-corrected chi connectivity index (χ4v) is 15.1. The zero-order chi connectivity index (χ0) is 78.8. The van der Waals surface area contributed by atoms with Gasteiger partial charge in [0, 0.05) is 6.42 Å². The predicted molar refractivity (Wildman–Crippen MR) is 439 cm³/mol. The minimum atomic E-state index is -1.98. The van der Waals surface area contributed by atoms with Gasteiger partial charge in [-0.1, -0.05) is 357 Å². The molecule has 19 heteroatoms. The molecule has 3 saturated heterocycles. The molecule has 3 rings (SSSR count). The van der Waals surface area contributed by atoms with Crippen molar-refractivity contribution >= 4 is 5.91 Å². The van der Waals surface area contributed by atoms with Crippen molar-refractivity contribution in [1.82, 2.24) is 5.32 Å². The molecule has 638 valence electrons. The molecule has 17 atom stereocenters. The lowest BCUT2D eigenvalue weighted by Gasteiger charge is -2.48. The summed E-state index contributed by atoms with van der Waals surface area (Å²) in [5, 5.41) is 121. The molecule has 0 aromatic rings. The molecule has 3 aliphatic heterocycles. The van der Waals surface area contributed by atoms with E-state index in [1.165, 1.54) is 289 Å². The fourth-order valence-electron chi connectivity index (χ4n) is 15.1. The van der Waals surface area contributed by atoms with Crippen LogP contribution in [0.15, 0.2) is 60.8 Å². The summed E-state index contributed by atoms with van der Waals surface area (Å²) in [6, 6.07) is -0.994. The Bertz CT molecular complexity index is 2200. The van der Waals surface area contributed by atoms with Gasteiger partial charge in [0.25, 0.3) is 0 Å². The topological polar surface area (TPSA) is 307 Å². The van der Waals surface area contributed by atoms with Crippen molar-refractivity contribution in [1.29, 1.82) is 0 Å². The maximum absolute atomic E-state index is 13.5. The molecular formula is C90H165NO18. The van der Waals surface area contributed by atoms with E-state index in [4.69, 9.17) is 28.4 Å². The van der Waals surface area contributed by atoms with E-state index in [1.807, 2.05) is 6.08 Å². The lowest BCUT2D eigenvalue weighted by atomic mass is 9.96. The Labute approximate surface area is 662 Å². The van der Waals surface area contributed by atoms with E-state index in [0.29, 0.717) is 12.8 Å². The van der Waals surface area contributed by atoms with Gasteiger partial charge < -0.3 is 89.9 Å². The molecule has 1 amide bonds. The predicted octanol–water partition coefficient (Wildman–Crippen LogP) is 17.0. The van der Waals surface area contributed by atoms with Crippen LogP contribution in [0.25, 0.3) is 0 Å². The van der Waals surface area contributed by atoms with Gasteiger partial charge in [-0.25, -0.2) is 0 Å². The highest BCUT2D eigenvalue weighted by atomic mass is 16.8.